The van der Waals surface area contributed by atoms with Gasteiger partial charge in [-0.15, -0.1) is 0 Å². The second-order valence-electron chi connectivity index (χ2n) is 5.79. The highest BCUT2D eigenvalue weighted by atomic mass is 79.9. The Bertz CT molecular complexity index is 799. The Morgan fingerprint density at radius 2 is 2.22 bits per heavy atom. The zero-order valence-electron chi connectivity index (χ0n) is 13.0. The van der Waals surface area contributed by atoms with Gasteiger partial charge in [0.05, 0.1) is 5.69 Å². The topological polar surface area (TPSA) is 74.9 Å². The number of halogens is 1. The summed E-state index contributed by atoms with van der Waals surface area (Å²) in [5, 5.41) is 9.33. The number of pyridine rings is 1. The molecule has 1 fully saturated rings. The number of hydrogen-bond donors (Lipinski definition) is 1. The molecule has 3 heterocycles. The van der Waals surface area contributed by atoms with E-state index in [1.165, 1.54) is 4.90 Å². The van der Waals surface area contributed by atoms with Gasteiger partial charge in [0.1, 0.15) is 17.4 Å². The number of fused-ring (bicyclic) bond motifs is 1. The second-order valence-corrected chi connectivity index (χ2v) is 6.71. The molecule has 23 heavy (non-hydrogen) atoms. The van der Waals surface area contributed by atoms with Gasteiger partial charge in [0.25, 0.3) is 5.91 Å². The maximum atomic E-state index is 13.0. The third kappa shape index (κ3) is 2.63. The Balaban J connectivity index is 2.15. The van der Waals surface area contributed by atoms with Gasteiger partial charge < -0.3 is 10.0 Å². The third-order valence-electron chi connectivity index (χ3n) is 4.28. The van der Waals surface area contributed by atoms with Crippen LogP contribution in [0.15, 0.2) is 16.7 Å². The fourth-order valence-corrected chi connectivity index (χ4v) is 3.74. The van der Waals surface area contributed by atoms with Crippen molar-refractivity contribution in [3.8, 4) is 0 Å². The number of likely N-dealkylation sites (tertiary alicyclic amines) is 1. The lowest BCUT2D eigenvalue weighted by Crippen LogP contribution is -2.41. The molecule has 1 atom stereocenters. The van der Waals surface area contributed by atoms with Crippen LogP contribution < -0.4 is 0 Å². The summed E-state index contributed by atoms with van der Waals surface area (Å²) in [7, 11) is 0. The number of aryl methyl sites for hydroxylation is 2. The van der Waals surface area contributed by atoms with Crippen LogP contribution >= 0.6 is 15.9 Å². The van der Waals surface area contributed by atoms with Crippen molar-refractivity contribution >= 4 is 33.5 Å². The minimum atomic E-state index is -0.944. The summed E-state index contributed by atoms with van der Waals surface area (Å²) in [4.78, 5) is 30.5. The molecule has 0 saturated carbocycles. The summed E-state index contributed by atoms with van der Waals surface area (Å²) >= 11 is 3.45. The van der Waals surface area contributed by atoms with Gasteiger partial charge in [-0.1, -0.05) is 6.92 Å². The largest absolute Gasteiger partial charge is 0.480 e. The minimum Gasteiger partial charge on any atom is -0.480 e. The highest BCUT2D eigenvalue weighted by Gasteiger charge is 2.36. The van der Waals surface area contributed by atoms with Crippen LogP contribution in [0, 0.1) is 6.92 Å². The zero-order valence-corrected chi connectivity index (χ0v) is 14.6. The van der Waals surface area contributed by atoms with Crippen LogP contribution in [0.5, 0.6) is 0 Å². The third-order valence-corrected chi connectivity index (χ3v) is 4.71. The Morgan fingerprint density at radius 1 is 1.48 bits per heavy atom. The first-order valence-electron chi connectivity index (χ1n) is 7.65. The molecule has 2 aromatic heterocycles. The number of carboxylic acid groups (broad SMARTS) is 1. The lowest BCUT2D eigenvalue weighted by Gasteiger charge is -2.21. The average Bonchev–Trinajstić information content (AvgIpc) is 3.10. The number of rotatable bonds is 3. The fourth-order valence-electron chi connectivity index (χ4n) is 3.19. The number of nitrogens with zero attached hydrogens (tertiary/aromatic N) is 3. The maximum Gasteiger partial charge on any atom is 0.326 e. The van der Waals surface area contributed by atoms with Crippen molar-refractivity contribution in [2.24, 2.45) is 0 Å². The van der Waals surface area contributed by atoms with E-state index < -0.39 is 12.0 Å². The van der Waals surface area contributed by atoms with Gasteiger partial charge >= 0.3 is 5.97 Å². The molecule has 1 aliphatic rings. The zero-order chi connectivity index (χ0) is 16.7. The standard InChI is InChI=1S/C16H18BrN3O3/c1-3-11-13(15(21)19-6-4-5-12(19)16(22)23)20-8-10(17)7-9(2)14(20)18-11/h7-8,12H,3-6H2,1-2H3,(H,22,23). The van der Waals surface area contributed by atoms with Crippen molar-refractivity contribution in [3.63, 3.8) is 0 Å². The first-order chi connectivity index (χ1) is 10.9. The first kappa shape index (κ1) is 16.0. The molecule has 1 aliphatic heterocycles. The summed E-state index contributed by atoms with van der Waals surface area (Å²) in [6, 6.07) is 1.21. The SMILES string of the molecule is CCc1nc2c(C)cc(Br)cn2c1C(=O)N1CCCC1C(=O)O. The Morgan fingerprint density at radius 3 is 2.87 bits per heavy atom. The lowest BCUT2D eigenvalue weighted by molar-refractivity contribution is -0.141. The lowest BCUT2D eigenvalue weighted by atomic mass is 10.2. The molecule has 1 saturated heterocycles. The molecular formula is C16H18BrN3O3. The van der Waals surface area contributed by atoms with E-state index in [-0.39, 0.29) is 5.91 Å². The number of aromatic nitrogens is 2. The molecular weight excluding hydrogens is 362 g/mol. The molecule has 122 valence electrons. The molecule has 6 nitrogen and oxygen atoms in total. The molecule has 3 rings (SSSR count). The van der Waals surface area contributed by atoms with Crippen molar-refractivity contribution in [1.82, 2.24) is 14.3 Å². The minimum absolute atomic E-state index is 0.253. The van der Waals surface area contributed by atoms with Gasteiger partial charge in [0.15, 0.2) is 0 Å². The molecule has 0 radical (unpaired) electrons. The van der Waals surface area contributed by atoms with Crippen LogP contribution in [-0.2, 0) is 11.2 Å². The smallest absolute Gasteiger partial charge is 0.326 e. The highest BCUT2D eigenvalue weighted by molar-refractivity contribution is 9.10. The Labute approximate surface area is 142 Å². The number of carbonyl (C=O) groups excluding carboxylic acids is 1. The number of hydrogen-bond acceptors (Lipinski definition) is 3. The van der Waals surface area contributed by atoms with E-state index in [1.807, 2.05) is 26.1 Å². The summed E-state index contributed by atoms with van der Waals surface area (Å²) in [6.07, 6.45) is 3.64. The van der Waals surface area contributed by atoms with Gasteiger partial charge in [-0.2, -0.15) is 0 Å². The predicted molar refractivity (Wildman–Crippen MR) is 88.7 cm³/mol. The van der Waals surface area contributed by atoms with E-state index in [2.05, 4.69) is 20.9 Å². The quantitative estimate of drug-likeness (QED) is 0.889. The number of aliphatic carboxylic acids is 1. The van der Waals surface area contributed by atoms with E-state index >= 15 is 0 Å². The van der Waals surface area contributed by atoms with Gasteiger partial charge in [0.2, 0.25) is 0 Å². The van der Waals surface area contributed by atoms with E-state index in [1.54, 1.807) is 4.40 Å². The highest BCUT2D eigenvalue weighted by Crippen LogP contribution is 2.25. The number of carboxylic acids is 1. The molecule has 1 unspecified atom stereocenters. The van der Waals surface area contributed by atoms with Crippen LogP contribution in [0.4, 0.5) is 0 Å². The van der Waals surface area contributed by atoms with Gasteiger partial charge in [-0.25, -0.2) is 9.78 Å². The van der Waals surface area contributed by atoms with Crippen molar-refractivity contribution in [3.05, 3.63) is 33.7 Å². The van der Waals surface area contributed by atoms with Gasteiger partial charge in [-0.05, 0) is 53.7 Å². The molecule has 1 N–H and O–H groups in total. The second kappa shape index (κ2) is 5.96. The number of carbonyl (C=O) groups is 2. The average molecular weight is 380 g/mol. The van der Waals surface area contributed by atoms with Crippen LogP contribution in [0.3, 0.4) is 0 Å². The normalized spacial score (nSPS) is 17.9. The summed E-state index contributed by atoms with van der Waals surface area (Å²) in [5.41, 5.74) is 2.87. The molecule has 1 amide bonds. The predicted octanol–water partition coefficient (Wildman–Crippen LogP) is 2.66. The van der Waals surface area contributed by atoms with E-state index in [0.717, 1.165) is 15.7 Å². The molecule has 0 aromatic carbocycles. The van der Waals surface area contributed by atoms with Gasteiger partial charge in [-0.3, -0.25) is 9.20 Å². The maximum absolute atomic E-state index is 13.0. The first-order valence-corrected chi connectivity index (χ1v) is 8.44. The monoisotopic (exact) mass is 379 g/mol. The number of imidazole rings is 1. The molecule has 0 aliphatic carbocycles. The van der Waals surface area contributed by atoms with Crippen LogP contribution in [0.2, 0.25) is 0 Å². The molecule has 0 bridgehead atoms. The van der Waals surface area contributed by atoms with Crippen LogP contribution in [0.25, 0.3) is 5.65 Å². The molecule has 0 spiro atoms. The van der Waals surface area contributed by atoms with Crippen molar-refractivity contribution in [1.29, 1.82) is 0 Å². The Kier molecular flexibility index (Phi) is 4.14. The fraction of sp³-hybridized carbons (Fsp3) is 0.438. The molecule has 2 aromatic rings. The van der Waals surface area contributed by atoms with Crippen LogP contribution in [-0.4, -0.2) is 43.9 Å². The van der Waals surface area contributed by atoms with Crippen molar-refractivity contribution in [2.45, 2.75) is 39.2 Å². The summed E-state index contributed by atoms with van der Waals surface area (Å²) in [6.45, 7) is 4.36. The number of amides is 1. The Hall–Kier alpha value is -1.89. The van der Waals surface area contributed by atoms with Gasteiger partial charge in [0, 0.05) is 17.2 Å². The van der Waals surface area contributed by atoms with E-state index in [0.29, 0.717) is 37.2 Å². The van der Waals surface area contributed by atoms with Crippen molar-refractivity contribution < 1.29 is 14.7 Å². The summed E-state index contributed by atoms with van der Waals surface area (Å²) in [5.74, 6) is -1.20. The van der Waals surface area contributed by atoms with E-state index in [9.17, 15) is 14.7 Å². The van der Waals surface area contributed by atoms with Crippen molar-refractivity contribution in [2.75, 3.05) is 6.54 Å². The summed E-state index contributed by atoms with van der Waals surface area (Å²) < 4.78 is 2.63. The van der Waals surface area contributed by atoms with E-state index in [4.69, 9.17) is 0 Å². The molecule has 7 heteroatoms. The van der Waals surface area contributed by atoms with Crippen LogP contribution in [0.1, 0.15) is 41.5 Å².